The zero-order chi connectivity index (χ0) is 3.58. The second-order valence-corrected chi connectivity index (χ2v) is 1.25. The molecule has 0 rings (SSSR count). The van der Waals surface area contributed by atoms with Crippen LogP contribution in [0.15, 0.2) is 0 Å². The van der Waals surface area contributed by atoms with Crippen LogP contribution in [0.25, 0.3) is 0 Å². The first-order valence-corrected chi connectivity index (χ1v) is 1.40. The van der Waals surface area contributed by atoms with Crippen LogP contribution in [-0.2, 0) is 0 Å². The van der Waals surface area contributed by atoms with E-state index in [4.69, 9.17) is 5.73 Å². The molecule has 26 valence electrons. The monoisotopic (exact) mass is 83.0 g/mol. The minimum Gasteiger partial charge on any atom is -1.00 e. The first kappa shape index (κ1) is 9.09. The van der Waals surface area contributed by atoms with Gasteiger partial charge in [-0.1, -0.05) is 12.2 Å². The van der Waals surface area contributed by atoms with Gasteiger partial charge in [-0.2, -0.15) is 0 Å². The van der Waals surface area contributed by atoms with Crippen molar-refractivity contribution >= 4 is 17.2 Å². The smallest absolute Gasteiger partial charge is 1.00 e. The molecular formula is C2H6LiNS. The summed E-state index contributed by atoms with van der Waals surface area (Å²) in [4.78, 5) is 0.500. The number of thiocarbonyl (C=S) groups is 1. The fourth-order valence-corrected chi connectivity index (χ4v) is 0. The van der Waals surface area contributed by atoms with E-state index < -0.39 is 0 Å². The van der Waals surface area contributed by atoms with Gasteiger partial charge in [0, 0.05) is 0 Å². The second-order valence-electron chi connectivity index (χ2n) is 0.611. The topological polar surface area (TPSA) is 26.0 Å². The zero-order valence-corrected chi connectivity index (χ0v) is 4.30. The molecule has 5 heavy (non-hydrogen) atoms. The van der Waals surface area contributed by atoms with E-state index in [1.54, 1.807) is 6.92 Å². The summed E-state index contributed by atoms with van der Waals surface area (Å²) in [5, 5.41) is 0. The first-order valence-electron chi connectivity index (χ1n) is 0.993. The predicted molar refractivity (Wildman–Crippen MR) is 23.6 cm³/mol. The van der Waals surface area contributed by atoms with Crippen LogP contribution in [-0.4, -0.2) is 4.99 Å². The third-order valence-corrected chi connectivity index (χ3v) is 0. The molecule has 0 aromatic rings. The quantitative estimate of drug-likeness (QED) is 0.257. The van der Waals surface area contributed by atoms with E-state index in [2.05, 4.69) is 12.2 Å². The average molecular weight is 83.1 g/mol. The molecule has 0 bridgehead atoms. The summed E-state index contributed by atoms with van der Waals surface area (Å²) in [7, 11) is 0. The molecule has 0 saturated carbocycles. The van der Waals surface area contributed by atoms with Crippen LogP contribution in [0, 0.1) is 0 Å². The largest absolute Gasteiger partial charge is 1.00 e. The summed E-state index contributed by atoms with van der Waals surface area (Å²) in [5.41, 5.74) is 4.84. The van der Waals surface area contributed by atoms with Gasteiger partial charge in [0.15, 0.2) is 0 Å². The zero-order valence-electron chi connectivity index (χ0n) is 4.49. The molecule has 0 aliphatic heterocycles. The van der Waals surface area contributed by atoms with Gasteiger partial charge >= 0.3 is 18.9 Å². The Labute approximate surface area is 50.6 Å². The standard InChI is InChI=1S/C2H5NS.Li.H/c1-2(3)4;;/h1H3,(H2,3,4);;/q;+1;-1. The maximum Gasteiger partial charge on any atom is 1.00 e. The Morgan fingerprint density at radius 1 is 2.00 bits per heavy atom. The van der Waals surface area contributed by atoms with Crippen molar-refractivity contribution in [3.63, 3.8) is 0 Å². The molecule has 0 spiro atoms. The summed E-state index contributed by atoms with van der Waals surface area (Å²) >= 11 is 4.31. The van der Waals surface area contributed by atoms with Crippen LogP contribution in [0.4, 0.5) is 0 Å². The van der Waals surface area contributed by atoms with Crippen LogP contribution in [0.2, 0.25) is 0 Å². The van der Waals surface area contributed by atoms with E-state index in [0.29, 0.717) is 4.99 Å². The van der Waals surface area contributed by atoms with Gasteiger partial charge in [0.05, 0.1) is 4.99 Å². The molecule has 3 heteroatoms. The molecule has 0 unspecified atom stereocenters. The molecule has 0 aromatic carbocycles. The summed E-state index contributed by atoms with van der Waals surface area (Å²) in [6.07, 6.45) is 0. The van der Waals surface area contributed by atoms with Crippen molar-refractivity contribution in [2.24, 2.45) is 5.73 Å². The molecular weight excluding hydrogens is 77.0 g/mol. The molecule has 0 atom stereocenters. The van der Waals surface area contributed by atoms with Crippen molar-refractivity contribution in [2.45, 2.75) is 6.92 Å². The Morgan fingerprint density at radius 3 is 2.00 bits per heavy atom. The van der Waals surface area contributed by atoms with E-state index in [1.807, 2.05) is 0 Å². The van der Waals surface area contributed by atoms with Crippen molar-refractivity contribution in [3.8, 4) is 0 Å². The maximum absolute atomic E-state index is 4.84. The third kappa shape index (κ3) is 117. The van der Waals surface area contributed by atoms with Gasteiger partial charge in [-0.15, -0.1) is 0 Å². The van der Waals surface area contributed by atoms with Crippen molar-refractivity contribution in [3.05, 3.63) is 0 Å². The van der Waals surface area contributed by atoms with Crippen molar-refractivity contribution < 1.29 is 20.3 Å². The molecule has 0 amide bonds. The Bertz CT molecular complexity index is 36.5. The summed E-state index contributed by atoms with van der Waals surface area (Å²) in [6.45, 7) is 1.68. The van der Waals surface area contributed by atoms with Gasteiger partial charge in [0.1, 0.15) is 0 Å². The Balaban J connectivity index is -0.0000000450. The average Bonchev–Trinajstić information content (AvgIpc) is 0.811. The fourth-order valence-electron chi connectivity index (χ4n) is 0. The van der Waals surface area contributed by atoms with Crippen LogP contribution in [0.1, 0.15) is 8.35 Å². The fraction of sp³-hybridized carbons (Fsp3) is 0.500. The Morgan fingerprint density at radius 2 is 2.00 bits per heavy atom. The summed E-state index contributed by atoms with van der Waals surface area (Å²) < 4.78 is 0. The number of hydrogen-bond acceptors (Lipinski definition) is 1. The van der Waals surface area contributed by atoms with Gasteiger partial charge < -0.3 is 7.16 Å². The Kier molecular flexibility index (Phi) is 8.15. The van der Waals surface area contributed by atoms with Crippen LogP contribution in [0.5, 0.6) is 0 Å². The van der Waals surface area contributed by atoms with Gasteiger partial charge in [0.2, 0.25) is 0 Å². The molecule has 2 N–H and O–H groups in total. The molecule has 0 heterocycles. The van der Waals surface area contributed by atoms with E-state index in [-0.39, 0.29) is 20.3 Å². The molecule has 0 aliphatic rings. The second kappa shape index (κ2) is 4.49. The molecule has 0 fully saturated rings. The van der Waals surface area contributed by atoms with E-state index >= 15 is 0 Å². The minimum atomic E-state index is 0. The predicted octanol–water partition coefficient (Wildman–Crippen LogP) is -2.59. The van der Waals surface area contributed by atoms with Crippen LogP contribution in [0.3, 0.4) is 0 Å². The molecule has 1 nitrogen and oxygen atoms in total. The van der Waals surface area contributed by atoms with E-state index in [0.717, 1.165) is 0 Å². The number of rotatable bonds is 0. The van der Waals surface area contributed by atoms with Crippen LogP contribution < -0.4 is 24.6 Å². The van der Waals surface area contributed by atoms with E-state index in [1.165, 1.54) is 0 Å². The molecule has 0 saturated heterocycles. The minimum absolute atomic E-state index is 0. The van der Waals surface area contributed by atoms with Crippen LogP contribution >= 0.6 is 12.2 Å². The van der Waals surface area contributed by atoms with Gasteiger partial charge in [-0.25, -0.2) is 0 Å². The summed E-state index contributed by atoms with van der Waals surface area (Å²) in [5.74, 6) is 0. The molecule has 0 radical (unpaired) electrons. The Hall–Kier alpha value is 0.487. The number of hydrogen-bond donors (Lipinski definition) is 1. The first-order chi connectivity index (χ1) is 1.73. The third-order valence-electron chi connectivity index (χ3n) is 0. The molecule has 0 aliphatic carbocycles. The van der Waals surface area contributed by atoms with Gasteiger partial charge in [0.25, 0.3) is 0 Å². The number of nitrogens with two attached hydrogens (primary N) is 1. The summed E-state index contributed by atoms with van der Waals surface area (Å²) in [6, 6.07) is 0. The van der Waals surface area contributed by atoms with Crippen molar-refractivity contribution in [1.82, 2.24) is 0 Å². The molecule has 0 aromatic heterocycles. The maximum atomic E-state index is 4.84. The van der Waals surface area contributed by atoms with Gasteiger partial charge in [-0.05, 0) is 6.92 Å². The SMILES string of the molecule is CC(N)=S.[H-].[Li+]. The van der Waals surface area contributed by atoms with Gasteiger partial charge in [-0.3, -0.25) is 0 Å². The van der Waals surface area contributed by atoms with E-state index in [9.17, 15) is 0 Å². The van der Waals surface area contributed by atoms with Crippen molar-refractivity contribution in [1.29, 1.82) is 0 Å². The van der Waals surface area contributed by atoms with Crippen molar-refractivity contribution in [2.75, 3.05) is 0 Å². The normalized spacial score (nSPS) is 5.00.